The molecule has 4 heteroatoms. The molecule has 1 aliphatic rings. The van der Waals surface area contributed by atoms with Crippen LogP contribution in [0.1, 0.15) is 52.9 Å². The molecule has 0 heterocycles. The van der Waals surface area contributed by atoms with Crippen LogP contribution in [-0.4, -0.2) is 31.2 Å². The highest BCUT2D eigenvalue weighted by atomic mass is 16.5. The van der Waals surface area contributed by atoms with Gasteiger partial charge in [-0.3, -0.25) is 4.79 Å². The number of hydrogen-bond donors (Lipinski definition) is 2. The molecule has 1 fully saturated rings. The Morgan fingerprint density at radius 3 is 2.44 bits per heavy atom. The minimum absolute atomic E-state index is 0.109. The zero-order valence-electron chi connectivity index (χ0n) is 12.1. The molecule has 0 aromatic carbocycles. The summed E-state index contributed by atoms with van der Waals surface area (Å²) in [6, 6.07) is 0. The summed E-state index contributed by atoms with van der Waals surface area (Å²) in [5.74, 6) is 0.109. The summed E-state index contributed by atoms with van der Waals surface area (Å²) in [4.78, 5) is 12.4. The molecule has 0 unspecified atom stereocenters. The van der Waals surface area contributed by atoms with Gasteiger partial charge in [-0.15, -0.1) is 0 Å². The Labute approximate surface area is 111 Å². The molecule has 1 aliphatic carbocycles. The Morgan fingerprint density at radius 2 is 1.94 bits per heavy atom. The zero-order chi connectivity index (χ0) is 13.6. The topological polar surface area (TPSA) is 64.3 Å². The second-order valence-corrected chi connectivity index (χ2v) is 5.92. The number of amides is 1. The summed E-state index contributed by atoms with van der Waals surface area (Å²) in [6.45, 7) is 7.60. The standard InChI is InChI=1S/C14H28N2O2/c1-4-18-13(2,3)11-16-12(17)14(10-15)8-6-5-7-9-14/h4-11,15H2,1-3H3,(H,16,17). The summed E-state index contributed by atoms with van der Waals surface area (Å²) in [6.07, 6.45) is 5.28. The molecule has 0 atom stereocenters. The van der Waals surface area contributed by atoms with Crippen molar-refractivity contribution in [1.82, 2.24) is 5.32 Å². The molecular weight excluding hydrogens is 228 g/mol. The SMILES string of the molecule is CCOC(C)(C)CNC(=O)C1(CN)CCCCC1. The van der Waals surface area contributed by atoms with E-state index >= 15 is 0 Å². The number of nitrogens with one attached hydrogen (secondary N) is 1. The molecule has 0 aromatic heterocycles. The average molecular weight is 256 g/mol. The van der Waals surface area contributed by atoms with E-state index in [1.165, 1.54) is 6.42 Å². The lowest BCUT2D eigenvalue weighted by molar-refractivity contribution is -0.134. The van der Waals surface area contributed by atoms with Crippen molar-refractivity contribution in [2.24, 2.45) is 11.1 Å². The Balaban J connectivity index is 2.52. The number of rotatable bonds is 6. The molecule has 0 spiro atoms. The van der Waals surface area contributed by atoms with Gasteiger partial charge < -0.3 is 15.8 Å². The molecule has 3 N–H and O–H groups in total. The van der Waals surface area contributed by atoms with Crippen LogP contribution < -0.4 is 11.1 Å². The third-order valence-corrected chi connectivity index (χ3v) is 3.89. The molecule has 0 aromatic rings. The van der Waals surface area contributed by atoms with E-state index < -0.39 is 0 Å². The van der Waals surface area contributed by atoms with Crippen LogP contribution in [0.25, 0.3) is 0 Å². The lowest BCUT2D eigenvalue weighted by Gasteiger charge is -2.36. The van der Waals surface area contributed by atoms with Gasteiger partial charge in [0.1, 0.15) is 0 Å². The first kappa shape index (κ1) is 15.4. The second kappa shape index (κ2) is 6.53. The van der Waals surface area contributed by atoms with E-state index in [4.69, 9.17) is 10.5 Å². The maximum Gasteiger partial charge on any atom is 0.227 e. The van der Waals surface area contributed by atoms with Crippen LogP contribution in [-0.2, 0) is 9.53 Å². The van der Waals surface area contributed by atoms with E-state index in [1.807, 2.05) is 20.8 Å². The molecular formula is C14H28N2O2. The Hall–Kier alpha value is -0.610. The van der Waals surface area contributed by atoms with Gasteiger partial charge in [0, 0.05) is 19.7 Å². The predicted octanol–water partition coefficient (Wildman–Crippen LogP) is 1.83. The lowest BCUT2D eigenvalue weighted by Crippen LogP contribution is -2.50. The third-order valence-electron chi connectivity index (χ3n) is 3.89. The molecule has 0 saturated heterocycles. The van der Waals surface area contributed by atoms with Crippen LogP contribution in [0.2, 0.25) is 0 Å². The zero-order valence-corrected chi connectivity index (χ0v) is 12.1. The van der Waals surface area contributed by atoms with Crippen LogP contribution in [0.3, 0.4) is 0 Å². The van der Waals surface area contributed by atoms with Crippen molar-refractivity contribution in [3.8, 4) is 0 Å². The van der Waals surface area contributed by atoms with Crippen molar-refractivity contribution in [1.29, 1.82) is 0 Å². The van der Waals surface area contributed by atoms with Gasteiger partial charge in [0.05, 0.1) is 11.0 Å². The van der Waals surface area contributed by atoms with E-state index in [2.05, 4.69) is 5.32 Å². The number of hydrogen-bond acceptors (Lipinski definition) is 3. The lowest BCUT2D eigenvalue weighted by atomic mass is 9.73. The predicted molar refractivity (Wildman–Crippen MR) is 73.3 cm³/mol. The Bertz CT molecular complexity index is 271. The van der Waals surface area contributed by atoms with Crippen molar-refractivity contribution >= 4 is 5.91 Å². The minimum atomic E-state index is -0.333. The summed E-state index contributed by atoms with van der Waals surface area (Å²) in [7, 11) is 0. The van der Waals surface area contributed by atoms with E-state index in [9.17, 15) is 4.79 Å². The van der Waals surface area contributed by atoms with Crippen molar-refractivity contribution in [2.45, 2.75) is 58.5 Å². The van der Waals surface area contributed by atoms with Crippen LogP contribution in [0.5, 0.6) is 0 Å². The van der Waals surface area contributed by atoms with Gasteiger partial charge in [-0.1, -0.05) is 19.3 Å². The van der Waals surface area contributed by atoms with E-state index in [0.717, 1.165) is 25.7 Å². The first-order valence-corrected chi connectivity index (χ1v) is 7.08. The highest BCUT2D eigenvalue weighted by Crippen LogP contribution is 2.35. The van der Waals surface area contributed by atoms with Crippen molar-refractivity contribution < 1.29 is 9.53 Å². The molecule has 4 nitrogen and oxygen atoms in total. The number of nitrogens with two attached hydrogens (primary N) is 1. The molecule has 0 aliphatic heterocycles. The van der Waals surface area contributed by atoms with E-state index in [-0.39, 0.29) is 16.9 Å². The largest absolute Gasteiger partial charge is 0.374 e. The normalized spacial score (nSPS) is 19.6. The number of carbonyl (C=O) groups excluding carboxylic acids is 1. The first-order valence-electron chi connectivity index (χ1n) is 7.08. The van der Waals surface area contributed by atoms with Gasteiger partial charge in [0.15, 0.2) is 0 Å². The van der Waals surface area contributed by atoms with Crippen molar-refractivity contribution in [3.05, 3.63) is 0 Å². The number of carbonyl (C=O) groups is 1. The number of ether oxygens (including phenoxy) is 1. The van der Waals surface area contributed by atoms with Crippen molar-refractivity contribution in [3.63, 3.8) is 0 Å². The fourth-order valence-corrected chi connectivity index (χ4v) is 2.67. The molecule has 106 valence electrons. The molecule has 0 bridgehead atoms. The quantitative estimate of drug-likeness (QED) is 0.762. The second-order valence-electron chi connectivity index (χ2n) is 5.92. The summed E-state index contributed by atoms with van der Waals surface area (Å²) in [5, 5.41) is 3.03. The molecule has 1 rings (SSSR count). The molecule has 18 heavy (non-hydrogen) atoms. The highest BCUT2D eigenvalue weighted by molar-refractivity contribution is 5.83. The average Bonchev–Trinajstić information content (AvgIpc) is 2.37. The van der Waals surface area contributed by atoms with Gasteiger partial charge >= 0.3 is 0 Å². The molecule has 1 saturated carbocycles. The minimum Gasteiger partial charge on any atom is -0.374 e. The summed E-state index contributed by atoms with van der Waals surface area (Å²) >= 11 is 0. The van der Waals surface area contributed by atoms with Gasteiger partial charge in [-0.25, -0.2) is 0 Å². The highest BCUT2D eigenvalue weighted by Gasteiger charge is 2.38. The first-order chi connectivity index (χ1) is 8.46. The van der Waals surface area contributed by atoms with E-state index in [1.54, 1.807) is 0 Å². The van der Waals surface area contributed by atoms with Gasteiger partial charge in [-0.05, 0) is 33.6 Å². The summed E-state index contributed by atoms with van der Waals surface area (Å²) in [5.41, 5.74) is 5.20. The maximum atomic E-state index is 12.4. The smallest absolute Gasteiger partial charge is 0.227 e. The van der Waals surface area contributed by atoms with Gasteiger partial charge in [0.25, 0.3) is 0 Å². The van der Waals surface area contributed by atoms with Crippen LogP contribution in [0.4, 0.5) is 0 Å². The van der Waals surface area contributed by atoms with Gasteiger partial charge in [-0.2, -0.15) is 0 Å². The fourth-order valence-electron chi connectivity index (χ4n) is 2.67. The Kier molecular flexibility index (Phi) is 5.60. The molecule has 1 amide bonds. The van der Waals surface area contributed by atoms with Crippen LogP contribution >= 0.6 is 0 Å². The fraction of sp³-hybridized carbons (Fsp3) is 0.929. The summed E-state index contributed by atoms with van der Waals surface area (Å²) < 4.78 is 5.59. The van der Waals surface area contributed by atoms with Crippen LogP contribution in [0.15, 0.2) is 0 Å². The third kappa shape index (κ3) is 3.95. The van der Waals surface area contributed by atoms with Crippen LogP contribution in [0, 0.1) is 5.41 Å². The van der Waals surface area contributed by atoms with Crippen molar-refractivity contribution in [2.75, 3.05) is 19.7 Å². The maximum absolute atomic E-state index is 12.4. The van der Waals surface area contributed by atoms with E-state index in [0.29, 0.717) is 19.7 Å². The molecule has 0 radical (unpaired) electrons. The monoisotopic (exact) mass is 256 g/mol. The van der Waals surface area contributed by atoms with Gasteiger partial charge in [0.2, 0.25) is 5.91 Å². The Morgan fingerprint density at radius 1 is 1.33 bits per heavy atom.